The van der Waals surface area contributed by atoms with E-state index in [1.165, 1.54) is 31.2 Å². The van der Waals surface area contributed by atoms with Crippen molar-refractivity contribution in [3.8, 4) is 5.75 Å². The minimum Gasteiger partial charge on any atom is -0.496 e. The zero-order valence-electron chi connectivity index (χ0n) is 9.63. The maximum atomic E-state index is 5.37. The Morgan fingerprint density at radius 3 is 2.81 bits per heavy atom. The molecule has 0 aliphatic heterocycles. The molecule has 1 aromatic rings. The zero-order chi connectivity index (χ0) is 11.4. The molecule has 0 saturated heterocycles. The predicted octanol–water partition coefficient (Wildman–Crippen LogP) is 3.49. The summed E-state index contributed by atoms with van der Waals surface area (Å²) in [5, 5.41) is 3.60. The SMILES string of the molecule is COc1cc(Br)ccc1CNC1CCCC1. The fraction of sp³-hybridized carbons (Fsp3) is 0.538. The second-order valence-corrected chi connectivity index (χ2v) is 5.23. The molecule has 0 spiro atoms. The van der Waals surface area contributed by atoms with Gasteiger partial charge in [0.15, 0.2) is 0 Å². The number of nitrogens with one attached hydrogen (secondary N) is 1. The van der Waals surface area contributed by atoms with Crippen molar-refractivity contribution in [2.45, 2.75) is 38.3 Å². The quantitative estimate of drug-likeness (QED) is 0.913. The molecule has 1 aromatic carbocycles. The van der Waals surface area contributed by atoms with E-state index in [2.05, 4.69) is 33.4 Å². The summed E-state index contributed by atoms with van der Waals surface area (Å²) in [5.74, 6) is 0.958. The molecule has 1 N–H and O–H groups in total. The van der Waals surface area contributed by atoms with Crippen LogP contribution < -0.4 is 10.1 Å². The average molecular weight is 284 g/mol. The molecule has 2 rings (SSSR count). The third kappa shape index (κ3) is 2.98. The molecule has 88 valence electrons. The molecule has 0 atom stereocenters. The highest BCUT2D eigenvalue weighted by Crippen LogP contribution is 2.24. The van der Waals surface area contributed by atoms with Crippen molar-refractivity contribution < 1.29 is 4.74 Å². The van der Waals surface area contributed by atoms with Crippen molar-refractivity contribution in [1.82, 2.24) is 5.32 Å². The van der Waals surface area contributed by atoms with Gasteiger partial charge in [-0.15, -0.1) is 0 Å². The molecule has 0 amide bonds. The third-order valence-electron chi connectivity index (χ3n) is 3.19. The Morgan fingerprint density at radius 1 is 1.38 bits per heavy atom. The maximum absolute atomic E-state index is 5.37. The number of methoxy groups -OCH3 is 1. The van der Waals surface area contributed by atoms with Gasteiger partial charge in [0.05, 0.1) is 7.11 Å². The maximum Gasteiger partial charge on any atom is 0.124 e. The van der Waals surface area contributed by atoms with Gasteiger partial charge in [-0.05, 0) is 25.0 Å². The van der Waals surface area contributed by atoms with E-state index < -0.39 is 0 Å². The summed E-state index contributed by atoms with van der Waals surface area (Å²) < 4.78 is 6.44. The lowest BCUT2D eigenvalue weighted by Gasteiger charge is -2.14. The molecule has 1 fully saturated rings. The van der Waals surface area contributed by atoms with E-state index in [1.807, 2.05) is 6.07 Å². The van der Waals surface area contributed by atoms with Crippen molar-refractivity contribution in [3.05, 3.63) is 28.2 Å². The third-order valence-corrected chi connectivity index (χ3v) is 3.68. The molecule has 0 unspecified atom stereocenters. The first-order valence-electron chi connectivity index (χ1n) is 5.85. The number of rotatable bonds is 4. The van der Waals surface area contributed by atoms with Gasteiger partial charge in [-0.2, -0.15) is 0 Å². The smallest absolute Gasteiger partial charge is 0.124 e. The molecule has 0 aromatic heterocycles. The minimum atomic E-state index is 0.702. The van der Waals surface area contributed by atoms with Crippen LogP contribution in [0.15, 0.2) is 22.7 Å². The average Bonchev–Trinajstić information content (AvgIpc) is 2.80. The second kappa shape index (κ2) is 5.69. The molecule has 0 heterocycles. The lowest BCUT2D eigenvalue weighted by Crippen LogP contribution is -2.25. The number of hydrogen-bond donors (Lipinski definition) is 1. The molecule has 0 bridgehead atoms. The van der Waals surface area contributed by atoms with Crippen molar-refractivity contribution in [1.29, 1.82) is 0 Å². The molecule has 0 radical (unpaired) electrons. The summed E-state index contributed by atoms with van der Waals surface area (Å²) in [6.45, 7) is 0.904. The fourth-order valence-corrected chi connectivity index (χ4v) is 2.59. The standard InChI is InChI=1S/C13H18BrNO/c1-16-13-8-11(14)7-6-10(13)9-15-12-4-2-3-5-12/h6-8,12,15H,2-5,9H2,1H3. The molecule has 1 aliphatic carbocycles. The van der Waals surface area contributed by atoms with Crippen LogP contribution in [0.5, 0.6) is 5.75 Å². The van der Waals surface area contributed by atoms with Crippen LogP contribution in [0.4, 0.5) is 0 Å². The highest BCUT2D eigenvalue weighted by molar-refractivity contribution is 9.10. The molecular formula is C13H18BrNO. The highest BCUT2D eigenvalue weighted by Gasteiger charge is 2.14. The first-order chi connectivity index (χ1) is 7.79. The molecule has 3 heteroatoms. The van der Waals surface area contributed by atoms with E-state index in [1.54, 1.807) is 7.11 Å². The van der Waals surface area contributed by atoms with Crippen LogP contribution in [0, 0.1) is 0 Å². The predicted molar refractivity (Wildman–Crippen MR) is 69.8 cm³/mol. The minimum absolute atomic E-state index is 0.702. The van der Waals surface area contributed by atoms with Gasteiger partial charge in [0, 0.05) is 22.6 Å². The summed E-state index contributed by atoms with van der Waals surface area (Å²) in [6, 6.07) is 6.90. The summed E-state index contributed by atoms with van der Waals surface area (Å²) in [7, 11) is 1.72. The Balaban J connectivity index is 1.97. The monoisotopic (exact) mass is 283 g/mol. The largest absolute Gasteiger partial charge is 0.496 e. The number of halogens is 1. The molecular weight excluding hydrogens is 266 g/mol. The van der Waals surface area contributed by atoms with Gasteiger partial charge < -0.3 is 10.1 Å². The van der Waals surface area contributed by atoms with Gasteiger partial charge in [0.1, 0.15) is 5.75 Å². The Labute approximate surface area is 106 Å². The number of benzene rings is 1. The van der Waals surface area contributed by atoms with Gasteiger partial charge in [-0.25, -0.2) is 0 Å². The van der Waals surface area contributed by atoms with E-state index in [9.17, 15) is 0 Å². The summed E-state index contributed by atoms with van der Waals surface area (Å²) >= 11 is 3.45. The van der Waals surface area contributed by atoms with Crippen LogP contribution in [0.25, 0.3) is 0 Å². The van der Waals surface area contributed by atoms with E-state index in [0.717, 1.165) is 16.8 Å². The van der Waals surface area contributed by atoms with Crippen molar-refractivity contribution >= 4 is 15.9 Å². The van der Waals surface area contributed by atoms with Gasteiger partial charge in [-0.1, -0.05) is 34.8 Å². The van der Waals surface area contributed by atoms with Gasteiger partial charge in [0.25, 0.3) is 0 Å². The molecule has 1 aliphatic rings. The zero-order valence-corrected chi connectivity index (χ0v) is 11.2. The Bertz CT molecular complexity index is 348. The van der Waals surface area contributed by atoms with E-state index >= 15 is 0 Å². The molecule has 16 heavy (non-hydrogen) atoms. The first-order valence-corrected chi connectivity index (χ1v) is 6.64. The van der Waals surface area contributed by atoms with Crippen LogP contribution in [0.1, 0.15) is 31.2 Å². The topological polar surface area (TPSA) is 21.3 Å². The van der Waals surface area contributed by atoms with Crippen LogP contribution in [0.3, 0.4) is 0 Å². The van der Waals surface area contributed by atoms with E-state index in [-0.39, 0.29) is 0 Å². The van der Waals surface area contributed by atoms with Crippen LogP contribution in [-0.4, -0.2) is 13.2 Å². The number of hydrogen-bond acceptors (Lipinski definition) is 2. The van der Waals surface area contributed by atoms with Crippen LogP contribution >= 0.6 is 15.9 Å². The fourth-order valence-electron chi connectivity index (χ4n) is 2.25. The Hall–Kier alpha value is -0.540. The van der Waals surface area contributed by atoms with Gasteiger partial charge in [-0.3, -0.25) is 0 Å². The van der Waals surface area contributed by atoms with Crippen LogP contribution in [-0.2, 0) is 6.54 Å². The lowest BCUT2D eigenvalue weighted by molar-refractivity contribution is 0.404. The van der Waals surface area contributed by atoms with Crippen molar-refractivity contribution in [2.75, 3.05) is 7.11 Å². The van der Waals surface area contributed by atoms with Gasteiger partial charge >= 0.3 is 0 Å². The number of ether oxygens (including phenoxy) is 1. The van der Waals surface area contributed by atoms with Crippen molar-refractivity contribution in [3.63, 3.8) is 0 Å². The summed E-state index contributed by atoms with van der Waals surface area (Å²) in [5.41, 5.74) is 1.23. The van der Waals surface area contributed by atoms with Gasteiger partial charge in [0.2, 0.25) is 0 Å². The van der Waals surface area contributed by atoms with E-state index in [0.29, 0.717) is 6.04 Å². The summed E-state index contributed by atoms with van der Waals surface area (Å²) in [6.07, 6.45) is 5.38. The van der Waals surface area contributed by atoms with Crippen molar-refractivity contribution in [2.24, 2.45) is 0 Å². The Kier molecular flexibility index (Phi) is 4.24. The molecule has 1 saturated carbocycles. The first kappa shape index (κ1) is 11.9. The molecule has 2 nitrogen and oxygen atoms in total. The van der Waals surface area contributed by atoms with E-state index in [4.69, 9.17) is 4.74 Å². The van der Waals surface area contributed by atoms with Crippen LogP contribution in [0.2, 0.25) is 0 Å². The summed E-state index contributed by atoms with van der Waals surface area (Å²) in [4.78, 5) is 0. The Morgan fingerprint density at radius 2 is 2.12 bits per heavy atom. The normalized spacial score (nSPS) is 16.6. The lowest BCUT2D eigenvalue weighted by atomic mass is 10.1. The highest BCUT2D eigenvalue weighted by atomic mass is 79.9. The second-order valence-electron chi connectivity index (χ2n) is 4.32.